The Labute approximate surface area is 146 Å². The highest BCUT2D eigenvalue weighted by Crippen LogP contribution is 2.30. The molecule has 4 heterocycles. The fourth-order valence-electron chi connectivity index (χ4n) is 3.37. The first kappa shape index (κ1) is 16.0. The van der Waals surface area contributed by atoms with Crippen molar-refractivity contribution in [2.24, 2.45) is 7.05 Å². The monoisotopic (exact) mass is 338 g/mol. The molecule has 3 aromatic rings. The molecule has 7 heteroatoms. The largest absolute Gasteiger partial charge is 0.334 e. The van der Waals surface area contributed by atoms with Crippen molar-refractivity contribution in [3.8, 4) is 11.5 Å². The van der Waals surface area contributed by atoms with Gasteiger partial charge in [-0.25, -0.2) is 0 Å². The van der Waals surface area contributed by atoms with Crippen LogP contribution in [-0.4, -0.2) is 36.3 Å². The molecule has 4 rings (SSSR count). The van der Waals surface area contributed by atoms with Crippen molar-refractivity contribution in [3.05, 3.63) is 48.3 Å². The molecule has 0 bridgehead atoms. The molecular formula is C18H22N6O. The van der Waals surface area contributed by atoms with Crippen LogP contribution in [0, 0.1) is 0 Å². The maximum atomic E-state index is 5.50. The predicted molar refractivity (Wildman–Crippen MR) is 92.4 cm³/mol. The second kappa shape index (κ2) is 7.14. The average molecular weight is 338 g/mol. The van der Waals surface area contributed by atoms with Gasteiger partial charge >= 0.3 is 0 Å². The van der Waals surface area contributed by atoms with E-state index >= 15 is 0 Å². The summed E-state index contributed by atoms with van der Waals surface area (Å²) >= 11 is 0. The van der Waals surface area contributed by atoms with Crippen LogP contribution in [0.3, 0.4) is 0 Å². The molecule has 0 amide bonds. The average Bonchev–Trinajstić information content (AvgIpc) is 3.22. The minimum absolute atomic E-state index is 0.165. The van der Waals surface area contributed by atoms with Crippen molar-refractivity contribution in [3.63, 3.8) is 0 Å². The molecule has 7 nitrogen and oxygen atoms in total. The molecule has 0 spiro atoms. The molecule has 0 N–H and O–H groups in total. The van der Waals surface area contributed by atoms with Crippen molar-refractivity contribution in [1.82, 2.24) is 29.8 Å². The first-order valence-corrected chi connectivity index (χ1v) is 8.76. The lowest BCUT2D eigenvalue weighted by Gasteiger charge is -2.27. The van der Waals surface area contributed by atoms with Gasteiger partial charge in [0, 0.05) is 26.0 Å². The van der Waals surface area contributed by atoms with E-state index in [2.05, 4.69) is 31.2 Å². The Kier molecular flexibility index (Phi) is 4.56. The lowest BCUT2D eigenvalue weighted by Crippen LogP contribution is -2.29. The summed E-state index contributed by atoms with van der Waals surface area (Å²) in [6.45, 7) is 1.83. The molecule has 0 unspecified atom stereocenters. The molecule has 3 aromatic heterocycles. The van der Waals surface area contributed by atoms with Gasteiger partial charge in [0.2, 0.25) is 0 Å². The molecule has 1 aliphatic rings. The van der Waals surface area contributed by atoms with Crippen LogP contribution in [0.25, 0.3) is 11.5 Å². The third-order valence-corrected chi connectivity index (χ3v) is 4.65. The number of pyridine rings is 1. The second-order valence-electron chi connectivity index (χ2n) is 6.52. The van der Waals surface area contributed by atoms with Crippen molar-refractivity contribution in [1.29, 1.82) is 0 Å². The number of aromatic nitrogens is 5. The molecule has 1 aliphatic heterocycles. The molecule has 130 valence electrons. The summed E-state index contributed by atoms with van der Waals surface area (Å²) in [5.41, 5.74) is 1.93. The summed E-state index contributed by atoms with van der Waals surface area (Å²) < 4.78 is 7.23. The minimum Gasteiger partial charge on any atom is -0.334 e. The van der Waals surface area contributed by atoms with Gasteiger partial charge in [0.25, 0.3) is 5.89 Å². The van der Waals surface area contributed by atoms with E-state index < -0.39 is 0 Å². The van der Waals surface area contributed by atoms with Crippen LogP contribution in [0.5, 0.6) is 0 Å². The zero-order valence-electron chi connectivity index (χ0n) is 14.4. The number of nitrogens with zero attached hydrogens (tertiary/aromatic N) is 6. The third-order valence-electron chi connectivity index (χ3n) is 4.65. The minimum atomic E-state index is 0.165. The molecule has 0 radical (unpaired) electrons. The number of hydrogen-bond acceptors (Lipinski definition) is 6. The van der Waals surface area contributed by atoms with Gasteiger partial charge in [0.15, 0.2) is 5.82 Å². The maximum Gasteiger partial charge on any atom is 0.261 e. The smallest absolute Gasteiger partial charge is 0.261 e. The summed E-state index contributed by atoms with van der Waals surface area (Å²) in [5, 5.41) is 8.44. The van der Waals surface area contributed by atoms with Crippen LogP contribution in [0.1, 0.15) is 43.2 Å². The Morgan fingerprint density at radius 1 is 1.24 bits per heavy atom. The van der Waals surface area contributed by atoms with E-state index in [0.29, 0.717) is 5.89 Å². The summed E-state index contributed by atoms with van der Waals surface area (Å²) in [7, 11) is 1.88. The van der Waals surface area contributed by atoms with E-state index in [4.69, 9.17) is 4.52 Å². The zero-order chi connectivity index (χ0) is 17.1. The molecule has 1 atom stereocenters. The predicted octanol–water partition coefficient (Wildman–Crippen LogP) is 2.98. The van der Waals surface area contributed by atoms with Gasteiger partial charge in [0.1, 0.15) is 0 Å². The Hall–Kier alpha value is -2.54. The van der Waals surface area contributed by atoms with E-state index in [0.717, 1.165) is 36.6 Å². The first-order valence-electron chi connectivity index (χ1n) is 8.76. The van der Waals surface area contributed by atoms with Crippen LogP contribution in [0.4, 0.5) is 0 Å². The standard InChI is InChI=1S/C18H22N6O/c1-23-12-14(11-20-23)18-21-17(22-25-18)16-8-3-2-6-10-24(16)13-15-7-4-5-9-19-15/h4-5,7,9,11-12,16H,2-3,6,8,10,13H2,1H3/t16-/m1/s1. The second-order valence-corrected chi connectivity index (χ2v) is 6.52. The van der Waals surface area contributed by atoms with Crippen LogP contribution < -0.4 is 0 Å². The Bertz CT molecular complexity index is 812. The van der Waals surface area contributed by atoms with Gasteiger partial charge in [-0.1, -0.05) is 24.1 Å². The van der Waals surface area contributed by atoms with Gasteiger partial charge in [-0.15, -0.1) is 0 Å². The molecular weight excluding hydrogens is 316 g/mol. The Morgan fingerprint density at radius 3 is 3.00 bits per heavy atom. The summed E-state index contributed by atoms with van der Waals surface area (Å²) in [4.78, 5) is 11.6. The van der Waals surface area contributed by atoms with Crippen molar-refractivity contribution < 1.29 is 4.52 Å². The quantitative estimate of drug-likeness (QED) is 0.728. The van der Waals surface area contributed by atoms with E-state index in [9.17, 15) is 0 Å². The first-order chi connectivity index (χ1) is 12.3. The van der Waals surface area contributed by atoms with E-state index in [1.807, 2.05) is 31.6 Å². The van der Waals surface area contributed by atoms with E-state index in [1.165, 1.54) is 19.3 Å². The third kappa shape index (κ3) is 3.61. The Balaban J connectivity index is 1.58. The zero-order valence-corrected chi connectivity index (χ0v) is 14.4. The molecule has 1 saturated heterocycles. The molecule has 1 fully saturated rings. The SMILES string of the molecule is Cn1cc(-c2nc([C@H]3CCCCCN3Cc3ccccn3)no2)cn1. The van der Waals surface area contributed by atoms with Gasteiger partial charge < -0.3 is 4.52 Å². The molecule has 0 aromatic carbocycles. The lowest BCUT2D eigenvalue weighted by atomic mass is 10.1. The maximum absolute atomic E-state index is 5.50. The van der Waals surface area contributed by atoms with Gasteiger partial charge in [-0.2, -0.15) is 10.1 Å². The van der Waals surface area contributed by atoms with E-state index in [-0.39, 0.29) is 6.04 Å². The summed E-state index contributed by atoms with van der Waals surface area (Å²) in [6, 6.07) is 6.21. The van der Waals surface area contributed by atoms with Gasteiger partial charge in [0.05, 0.1) is 23.5 Å². The van der Waals surface area contributed by atoms with Crippen LogP contribution in [0.15, 0.2) is 41.3 Å². The highest BCUT2D eigenvalue weighted by molar-refractivity contribution is 5.49. The molecule has 25 heavy (non-hydrogen) atoms. The summed E-state index contributed by atoms with van der Waals surface area (Å²) in [5.74, 6) is 1.29. The van der Waals surface area contributed by atoms with Crippen LogP contribution in [0.2, 0.25) is 0 Å². The number of likely N-dealkylation sites (tertiary alicyclic amines) is 1. The van der Waals surface area contributed by atoms with E-state index in [1.54, 1.807) is 10.9 Å². The van der Waals surface area contributed by atoms with Crippen molar-refractivity contribution in [2.75, 3.05) is 6.54 Å². The van der Waals surface area contributed by atoms with Crippen LogP contribution >= 0.6 is 0 Å². The Morgan fingerprint density at radius 2 is 2.20 bits per heavy atom. The van der Waals surface area contributed by atoms with Crippen molar-refractivity contribution in [2.45, 2.75) is 38.3 Å². The lowest BCUT2D eigenvalue weighted by molar-refractivity contribution is 0.179. The molecule has 0 aliphatic carbocycles. The number of hydrogen-bond donors (Lipinski definition) is 0. The fourth-order valence-corrected chi connectivity index (χ4v) is 3.37. The summed E-state index contributed by atoms with van der Waals surface area (Å²) in [6.07, 6.45) is 10.1. The highest BCUT2D eigenvalue weighted by Gasteiger charge is 2.27. The van der Waals surface area contributed by atoms with Gasteiger partial charge in [-0.3, -0.25) is 14.6 Å². The highest BCUT2D eigenvalue weighted by atomic mass is 16.5. The topological polar surface area (TPSA) is 72.9 Å². The van der Waals surface area contributed by atoms with Gasteiger partial charge in [-0.05, 0) is 31.5 Å². The van der Waals surface area contributed by atoms with Crippen LogP contribution in [-0.2, 0) is 13.6 Å². The fraction of sp³-hybridized carbons (Fsp3) is 0.444. The normalized spacial score (nSPS) is 19.0. The number of rotatable bonds is 4. The molecule has 0 saturated carbocycles. The van der Waals surface area contributed by atoms with Crippen molar-refractivity contribution >= 4 is 0 Å². The number of aryl methyl sites for hydroxylation is 1.